The van der Waals surface area contributed by atoms with Gasteiger partial charge < -0.3 is 10.2 Å². The Morgan fingerprint density at radius 3 is 2.76 bits per heavy atom. The lowest BCUT2D eigenvalue weighted by Crippen LogP contribution is -2.21. The molecule has 0 radical (unpaired) electrons. The van der Waals surface area contributed by atoms with Crippen molar-refractivity contribution in [1.29, 1.82) is 0 Å². The van der Waals surface area contributed by atoms with Crippen molar-refractivity contribution >= 4 is 0 Å². The normalized spacial score (nSPS) is 10.5. The molecule has 2 N–H and O–H groups in total. The van der Waals surface area contributed by atoms with Crippen molar-refractivity contribution in [3.8, 4) is 11.4 Å². The molecular weight excluding hydrogens is 227 g/mol. The van der Waals surface area contributed by atoms with Crippen LogP contribution >= 0.6 is 0 Å². The van der Waals surface area contributed by atoms with Crippen molar-refractivity contribution in [3.63, 3.8) is 0 Å². The monoisotopic (exact) mass is 236 g/mol. The van der Waals surface area contributed by atoms with Gasteiger partial charge in [-0.3, -0.25) is 4.79 Å². The zero-order chi connectivity index (χ0) is 12.4. The van der Waals surface area contributed by atoms with Crippen LogP contribution in [0.4, 0.5) is 4.39 Å². The van der Waals surface area contributed by atoms with Crippen LogP contribution in [0.1, 0.15) is 5.69 Å². The summed E-state index contributed by atoms with van der Waals surface area (Å²) < 4.78 is 13.9. The number of aliphatic hydroxyl groups is 1. The molecule has 1 aromatic heterocycles. The Morgan fingerprint density at radius 2 is 2.12 bits per heavy atom. The van der Waals surface area contributed by atoms with Crippen LogP contribution < -0.4 is 5.56 Å². The average molecular weight is 236 g/mol. The topological polar surface area (TPSA) is 75.3 Å². The fourth-order valence-corrected chi connectivity index (χ4v) is 1.39. The third-order valence-corrected chi connectivity index (χ3v) is 2.19. The van der Waals surface area contributed by atoms with Gasteiger partial charge in [0.1, 0.15) is 17.3 Å². The third-order valence-electron chi connectivity index (χ3n) is 2.19. The van der Waals surface area contributed by atoms with E-state index in [9.17, 15) is 14.3 Å². The number of aliphatic hydroxyl groups excluding tert-OH is 1. The van der Waals surface area contributed by atoms with Crippen LogP contribution in [-0.4, -0.2) is 20.0 Å². The summed E-state index contributed by atoms with van der Waals surface area (Å²) in [4.78, 5) is 11.6. The highest BCUT2D eigenvalue weighted by Gasteiger charge is 2.08. The lowest BCUT2D eigenvalue weighted by atomic mass is 10.3. The molecular formula is C11H9FN2O3. The highest BCUT2D eigenvalue weighted by molar-refractivity contribution is 5.33. The Labute approximate surface area is 95.4 Å². The molecule has 0 aliphatic carbocycles. The summed E-state index contributed by atoms with van der Waals surface area (Å²) in [6.07, 6.45) is 0. The average Bonchev–Trinajstić information content (AvgIpc) is 2.29. The maximum atomic E-state index is 13.0. The van der Waals surface area contributed by atoms with Crippen molar-refractivity contribution < 1.29 is 14.6 Å². The minimum Gasteiger partial charge on any atom is -0.506 e. The van der Waals surface area contributed by atoms with Gasteiger partial charge in [-0.1, -0.05) is 6.07 Å². The van der Waals surface area contributed by atoms with Crippen LogP contribution in [-0.2, 0) is 6.61 Å². The molecule has 0 saturated carbocycles. The fourth-order valence-electron chi connectivity index (χ4n) is 1.39. The second kappa shape index (κ2) is 4.34. The molecule has 0 spiro atoms. The van der Waals surface area contributed by atoms with Crippen molar-refractivity contribution in [1.82, 2.24) is 9.78 Å². The molecule has 2 aromatic rings. The maximum absolute atomic E-state index is 13.0. The summed E-state index contributed by atoms with van der Waals surface area (Å²) in [5, 5.41) is 22.0. The van der Waals surface area contributed by atoms with Crippen LogP contribution in [0.25, 0.3) is 5.69 Å². The van der Waals surface area contributed by atoms with Crippen molar-refractivity contribution in [2.75, 3.05) is 0 Å². The molecule has 1 aromatic carbocycles. The van der Waals surface area contributed by atoms with Gasteiger partial charge in [0.05, 0.1) is 12.3 Å². The lowest BCUT2D eigenvalue weighted by Gasteiger charge is -2.07. The van der Waals surface area contributed by atoms with Gasteiger partial charge in [-0.05, 0) is 18.2 Å². The largest absolute Gasteiger partial charge is 0.506 e. The van der Waals surface area contributed by atoms with Crippen LogP contribution in [0.15, 0.2) is 35.1 Å². The number of nitrogens with zero attached hydrogens (tertiary/aromatic N) is 2. The molecule has 0 aliphatic rings. The smallest absolute Gasteiger partial charge is 0.275 e. The number of aromatic nitrogens is 2. The van der Waals surface area contributed by atoms with E-state index in [2.05, 4.69) is 5.10 Å². The van der Waals surface area contributed by atoms with Crippen molar-refractivity contribution in [2.45, 2.75) is 6.61 Å². The molecule has 6 heteroatoms. The maximum Gasteiger partial charge on any atom is 0.275 e. The predicted octanol–water partition coefficient (Wildman–Crippen LogP) is 0.570. The van der Waals surface area contributed by atoms with Crippen LogP contribution in [0.5, 0.6) is 5.75 Å². The first-order valence-corrected chi connectivity index (χ1v) is 4.81. The standard InChI is InChI=1S/C11H9FN2O3/c12-7-2-1-3-8(4-7)14-11(17)5-10(16)9(6-15)13-14/h1-5,15-16H,6H2. The van der Waals surface area contributed by atoms with Gasteiger partial charge in [0, 0.05) is 6.07 Å². The van der Waals surface area contributed by atoms with Gasteiger partial charge in [0.25, 0.3) is 5.56 Å². The molecule has 88 valence electrons. The Kier molecular flexibility index (Phi) is 2.88. The number of aromatic hydroxyl groups is 1. The highest BCUT2D eigenvalue weighted by Crippen LogP contribution is 2.12. The van der Waals surface area contributed by atoms with Gasteiger partial charge in [0.2, 0.25) is 0 Å². The Bertz CT molecular complexity index is 610. The molecule has 0 saturated heterocycles. The molecule has 0 fully saturated rings. The van der Waals surface area contributed by atoms with Gasteiger partial charge in [0.15, 0.2) is 0 Å². The Morgan fingerprint density at radius 1 is 1.35 bits per heavy atom. The zero-order valence-corrected chi connectivity index (χ0v) is 8.67. The molecule has 0 aliphatic heterocycles. The van der Waals surface area contributed by atoms with E-state index in [0.29, 0.717) is 0 Å². The van der Waals surface area contributed by atoms with Gasteiger partial charge >= 0.3 is 0 Å². The molecule has 17 heavy (non-hydrogen) atoms. The lowest BCUT2D eigenvalue weighted by molar-refractivity contribution is 0.266. The summed E-state index contributed by atoms with van der Waals surface area (Å²) in [5.74, 6) is -0.889. The molecule has 0 amide bonds. The quantitative estimate of drug-likeness (QED) is 0.799. The highest BCUT2D eigenvalue weighted by atomic mass is 19.1. The van der Waals surface area contributed by atoms with E-state index in [1.54, 1.807) is 0 Å². The second-order valence-corrected chi connectivity index (χ2v) is 3.36. The minimum absolute atomic E-state index is 0.0474. The summed E-state index contributed by atoms with van der Waals surface area (Å²) in [5.41, 5.74) is -0.427. The molecule has 5 nitrogen and oxygen atoms in total. The first kappa shape index (κ1) is 11.3. The number of halogens is 1. The van der Waals surface area contributed by atoms with Gasteiger partial charge in [-0.25, -0.2) is 4.39 Å². The predicted molar refractivity (Wildman–Crippen MR) is 57.4 cm³/mol. The summed E-state index contributed by atoms with van der Waals surface area (Å²) in [6, 6.07) is 6.22. The first-order chi connectivity index (χ1) is 8.11. The van der Waals surface area contributed by atoms with Crippen molar-refractivity contribution in [3.05, 3.63) is 52.2 Å². The van der Waals surface area contributed by atoms with Gasteiger partial charge in [-0.15, -0.1) is 0 Å². The number of hydrogen-bond acceptors (Lipinski definition) is 4. The molecule has 2 rings (SSSR count). The third kappa shape index (κ3) is 2.16. The first-order valence-electron chi connectivity index (χ1n) is 4.81. The van der Waals surface area contributed by atoms with Crippen molar-refractivity contribution in [2.24, 2.45) is 0 Å². The number of rotatable bonds is 2. The number of benzene rings is 1. The summed E-state index contributed by atoms with van der Waals surface area (Å²) in [6.45, 7) is -0.512. The van der Waals surface area contributed by atoms with E-state index in [4.69, 9.17) is 5.11 Å². The molecule has 0 bridgehead atoms. The van der Waals surface area contributed by atoms with Crippen LogP contribution in [0.2, 0.25) is 0 Å². The van der Waals surface area contributed by atoms with Crippen LogP contribution in [0, 0.1) is 5.82 Å². The Balaban J connectivity index is 2.63. The SMILES string of the molecule is O=c1cc(O)c(CO)nn1-c1cccc(F)c1. The van der Waals surface area contributed by atoms with E-state index in [0.717, 1.165) is 16.8 Å². The van der Waals surface area contributed by atoms with E-state index < -0.39 is 18.0 Å². The van der Waals surface area contributed by atoms with Crippen LogP contribution in [0.3, 0.4) is 0 Å². The van der Waals surface area contributed by atoms with E-state index in [-0.39, 0.29) is 17.1 Å². The molecule has 0 atom stereocenters. The summed E-state index contributed by atoms with van der Waals surface area (Å²) in [7, 11) is 0. The zero-order valence-electron chi connectivity index (χ0n) is 8.67. The van der Waals surface area contributed by atoms with Gasteiger partial charge in [-0.2, -0.15) is 9.78 Å². The Hall–Kier alpha value is -2.21. The minimum atomic E-state index is -0.606. The van der Waals surface area contributed by atoms with E-state index >= 15 is 0 Å². The molecule has 1 heterocycles. The second-order valence-electron chi connectivity index (χ2n) is 3.36. The molecule has 0 unspecified atom stereocenters. The number of hydrogen-bond donors (Lipinski definition) is 2. The fraction of sp³-hybridized carbons (Fsp3) is 0.0909. The summed E-state index contributed by atoms with van der Waals surface area (Å²) >= 11 is 0. The van der Waals surface area contributed by atoms with E-state index in [1.807, 2.05) is 0 Å². The van der Waals surface area contributed by atoms with E-state index in [1.165, 1.54) is 18.2 Å².